The van der Waals surface area contributed by atoms with Crippen LogP contribution in [0.2, 0.25) is 0 Å². The van der Waals surface area contributed by atoms with Gasteiger partial charge in [-0.15, -0.1) is 0 Å². The van der Waals surface area contributed by atoms with Gasteiger partial charge in [0, 0.05) is 25.3 Å². The zero-order valence-corrected chi connectivity index (χ0v) is 12.3. The molecule has 1 fully saturated rings. The quantitative estimate of drug-likeness (QED) is 0.839. The van der Waals surface area contributed by atoms with E-state index in [1.807, 2.05) is 18.2 Å². The first-order chi connectivity index (χ1) is 9.20. The summed E-state index contributed by atoms with van der Waals surface area (Å²) in [6.45, 7) is 5.87. The second-order valence-electron chi connectivity index (χ2n) is 4.98. The third-order valence-corrected chi connectivity index (χ3v) is 3.76. The van der Waals surface area contributed by atoms with Crippen LogP contribution >= 0.6 is 12.2 Å². The van der Waals surface area contributed by atoms with Crippen LogP contribution < -0.4 is 5.73 Å². The van der Waals surface area contributed by atoms with Gasteiger partial charge in [0.05, 0.1) is 6.10 Å². The first-order valence-corrected chi connectivity index (χ1v) is 7.33. The summed E-state index contributed by atoms with van der Waals surface area (Å²) in [6.07, 6.45) is 2.73. The Kier molecular flexibility index (Phi) is 5.31. The molecule has 1 aromatic carbocycles. The van der Waals surface area contributed by atoms with Crippen molar-refractivity contribution in [1.82, 2.24) is 4.90 Å². The topological polar surface area (TPSA) is 38.5 Å². The van der Waals surface area contributed by atoms with Gasteiger partial charge in [0.2, 0.25) is 0 Å². The van der Waals surface area contributed by atoms with Crippen molar-refractivity contribution in [2.24, 2.45) is 5.73 Å². The second kappa shape index (κ2) is 6.98. The number of ether oxygens (including phenoxy) is 1. The third kappa shape index (κ3) is 4.00. The average molecular weight is 278 g/mol. The number of hydrogen-bond acceptors (Lipinski definition) is 3. The maximum absolute atomic E-state index is 5.78. The van der Waals surface area contributed by atoms with E-state index in [0.717, 1.165) is 31.8 Å². The van der Waals surface area contributed by atoms with E-state index < -0.39 is 0 Å². The molecule has 3 nitrogen and oxygen atoms in total. The lowest BCUT2D eigenvalue weighted by Gasteiger charge is -2.32. The average Bonchev–Trinajstić information content (AvgIpc) is 2.40. The Morgan fingerprint density at radius 1 is 1.47 bits per heavy atom. The van der Waals surface area contributed by atoms with E-state index in [4.69, 9.17) is 22.7 Å². The molecule has 0 amide bonds. The number of nitrogens with two attached hydrogens (primary N) is 1. The molecule has 1 aromatic rings. The van der Waals surface area contributed by atoms with E-state index in [-0.39, 0.29) is 0 Å². The normalized spacial score (nSPS) is 20.4. The summed E-state index contributed by atoms with van der Waals surface area (Å²) in [4.78, 5) is 2.91. The molecule has 0 radical (unpaired) electrons. The van der Waals surface area contributed by atoms with Crippen LogP contribution in [0.3, 0.4) is 0 Å². The molecule has 2 N–H and O–H groups in total. The van der Waals surface area contributed by atoms with Gasteiger partial charge in [-0.1, -0.05) is 36.5 Å². The van der Waals surface area contributed by atoms with Crippen molar-refractivity contribution in [2.45, 2.75) is 32.4 Å². The van der Waals surface area contributed by atoms with Crippen LogP contribution in [0.15, 0.2) is 24.3 Å². The highest BCUT2D eigenvalue weighted by Crippen LogP contribution is 2.18. The van der Waals surface area contributed by atoms with E-state index in [2.05, 4.69) is 17.9 Å². The Balaban J connectivity index is 2.02. The number of thiocarbonyl (C=S) groups is 1. The van der Waals surface area contributed by atoms with Gasteiger partial charge in [0.15, 0.2) is 0 Å². The molecule has 1 unspecified atom stereocenters. The summed E-state index contributed by atoms with van der Waals surface area (Å²) < 4.78 is 5.74. The van der Waals surface area contributed by atoms with E-state index in [1.54, 1.807) is 0 Å². The summed E-state index contributed by atoms with van der Waals surface area (Å²) in [7, 11) is 0. The molecule has 0 saturated carbocycles. The molecule has 1 heterocycles. The maximum atomic E-state index is 5.78. The van der Waals surface area contributed by atoms with Gasteiger partial charge >= 0.3 is 0 Å². The van der Waals surface area contributed by atoms with Gasteiger partial charge in [-0.3, -0.25) is 4.90 Å². The van der Waals surface area contributed by atoms with Crippen molar-refractivity contribution in [3.63, 3.8) is 0 Å². The Bertz CT molecular complexity index is 434. The van der Waals surface area contributed by atoms with Crippen molar-refractivity contribution in [3.8, 4) is 0 Å². The molecule has 2 rings (SSSR count). The Hall–Kier alpha value is -0.970. The molecule has 0 spiro atoms. The summed E-state index contributed by atoms with van der Waals surface area (Å²) in [5, 5.41) is 0. The summed E-state index contributed by atoms with van der Waals surface area (Å²) >= 11 is 5.12. The Morgan fingerprint density at radius 2 is 2.26 bits per heavy atom. The number of piperidine rings is 1. The zero-order chi connectivity index (χ0) is 13.7. The molecular weight excluding hydrogens is 256 g/mol. The van der Waals surface area contributed by atoms with Gasteiger partial charge in [-0.25, -0.2) is 0 Å². The fourth-order valence-electron chi connectivity index (χ4n) is 2.67. The van der Waals surface area contributed by atoms with Crippen molar-refractivity contribution in [3.05, 3.63) is 35.4 Å². The number of rotatable bonds is 5. The van der Waals surface area contributed by atoms with Crippen LogP contribution in [0, 0.1) is 0 Å². The number of likely N-dealkylation sites (tertiary alicyclic amines) is 1. The number of nitrogens with zero attached hydrogens (tertiary/aromatic N) is 1. The van der Waals surface area contributed by atoms with Crippen LogP contribution in [0.1, 0.15) is 30.9 Å². The lowest BCUT2D eigenvalue weighted by atomic mass is 10.0. The van der Waals surface area contributed by atoms with Gasteiger partial charge < -0.3 is 10.5 Å². The Morgan fingerprint density at radius 3 is 3.00 bits per heavy atom. The lowest BCUT2D eigenvalue weighted by molar-refractivity contribution is 0.00362. The monoisotopic (exact) mass is 278 g/mol. The number of benzene rings is 1. The standard InChI is InChI=1S/C15H22N2OS/c1-2-18-13-7-5-9-17(11-13)10-12-6-3-4-8-14(12)15(16)19/h3-4,6,8,13H,2,5,7,9-11H2,1H3,(H2,16,19). The van der Waals surface area contributed by atoms with Crippen LogP contribution in [0.25, 0.3) is 0 Å². The van der Waals surface area contributed by atoms with Crippen molar-refractivity contribution >= 4 is 17.2 Å². The largest absolute Gasteiger partial charge is 0.389 e. The highest BCUT2D eigenvalue weighted by atomic mass is 32.1. The molecule has 1 saturated heterocycles. The predicted octanol–water partition coefficient (Wildman–Crippen LogP) is 2.32. The van der Waals surface area contributed by atoms with Crippen LogP contribution in [0.4, 0.5) is 0 Å². The summed E-state index contributed by atoms with van der Waals surface area (Å²) in [6, 6.07) is 8.14. The van der Waals surface area contributed by atoms with Crippen LogP contribution in [0.5, 0.6) is 0 Å². The predicted molar refractivity (Wildman–Crippen MR) is 82.3 cm³/mol. The molecule has 4 heteroatoms. The Labute approximate surface area is 120 Å². The van der Waals surface area contributed by atoms with Gasteiger partial charge in [0.1, 0.15) is 4.99 Å². The van der Waals surface area contributed by atoms with E-state index in [9.17, 15) is 0 Å². The molecule has 1 aliphatic rings. The third-order valence-electron chi connectivity index (χ3n) is 3.54. The minimum absolute atomic E-state index is 0.371. The smallest absolute Gasteiger partial charge is 0.104 e. The fourth-order valence-corrected chi connectivity index (χ4v) is 2.87. The fraction of sp³-hybridized carbons (Fsp3) is 0.533. The highest BCUT2D eigenvalue weighted by molar-refractivity contribution is 7.80. The van der Waals surface area contributed by atoms with Gasteiger partial charge in [-0.2, -0.15) is 0 Å². The van der Waals surface area contributed by atoms with Crippen molar-refractivity contribution in [2.75, 3.05) is 19.7 Å². The molecular formula is C15H22N2OS. The molecule has 1 aliphatic heterocycles. The lowest BCUT2D eigenvalue weighted by Crippen LogP contribution is -2.39. The summed E-state index contributed by atoms with van der Waals surface area (Å²) in [5.41, 5.74) is 7.99. The van der Waals surface area contributed by atoms with E-state index in [1.165, 1.54) is 18.4 Å². The first kappa shape index (κ1) is 14.4. The second-order valence-corrected chi connectivity index (χ2v) is 5.42. The van der Waals surface area contributed by atoms with E-state index in [0.29, 0.717) is 11.1 Å². The summed E-state index contributed by atoms with van der Waals surface area (Å²) in [5.74, 6) is 0. The minimum Gasteiger partial charge on any atom is -0.389 e. The van der Waals surface area contributed by atoms with Crippen molar-refractivity contribution in [1.29, 1.82) is 0 Å². The van der Waals surface area contributed by atoms with Crippen LogP contribution in [-0.2, 0) is 11.3 Å². The molecule has 0 aliphatic carbocycles. The maximum Gasteiger partial charge on any atom is 0.104 e. The van der Waals surface area contributed by atoms with Crippen molar-refractivity contribution < 1.29 is 4.74 Å². The zero-order valence-electron chi connectivity index (χ0n) is 11.5. The van der Waals surface area contributed by atoms with Crippen LogP contribution in [-0.4, -0.2) is 35.7 Å². The molecule has 19 heavy (non-hydrogen) atoms. The molecule has 0 aromatic heterocycles. The molecule has 0 bridgehead atoms. The SMILES string of the molecule is CCOC1CCCN(Cc2ccccc2C(N)=S)C1. The molecule has 104 valence electrons. The number of hydrogen-bond donors (Lipinski definition) is 1. The van der Waals surface area contributed by atoms with E-state index >= 15 is 0 Å². The minimum atomic E-state index is 0.371. The molecule has 1 atom stereocenters. The van der Waals surface area contributed by atoms with Gasteiger partial charge in [-0.05, 0) is 31.9 Å². The van der Waals surface area contributed by atoms with Gasteiger partial charge in [0.25, 0.3) is 0 Å². The highest BCUT2D eigenvalue weighted by Gasteiger charge is 2.20. The first-order valence-electron chi connectivity index (χ1n) is 6.92.